The zero-order valence-electron chi connectivity index (χ0n) is 34.0. The predicted molar refractivity (Wildman–Crippen MR) is 199 cm³/mol. The Hall–Kier alpha value is -4.98. The van der Waals surface area contributed by atoms with E-state index in [-0.39, 0.29) is 0 Å². The molecule has 2 bridgehead atoms. The molecular formula is C43H43F9O10. The summed E-state index contributed by atoms with van der Waals surface area (Å²) in [6.45, 7) is 3.50. The van der Waals surface area contributed by atoms with Crippen molar-refractivity contribution < 1.29 is 87.1 Å². The van der Waals surface area contributed by atoms with Crippen LogP contribution >= 0.6 is 0 Å². The molecule has 9 atom stereocenters. The number of rotatable bonds is 14. The van der Waals surface area contributed by atoms with E-state index in [1.807, 2.05) is 0 Å². The zero-order chi connectivity index (χ0) is 46.2. The van der Waals surface area contributed by atoms with Crippen molar-refractivity contribution in [1.29, 1.82) is 0 Å². The number of hydrogen-bond acceptors (Lipinski definition) is 10. The van der Waals surface area contributed by atoms with Crippen LogP contribution in [-0.4, -0.2) is 88.3 Å². The second-order valence-electron chi connectivity index (χ2n) is 15.3. The number of halogens is 9. The molecule has 1 saturated heterocycles. The molecule has 1 aliphatic heterocycles. The molecule has 0 radical (unpaired) electrons. The molecular weight excluding hydrogens is 847 g/mol. The van der Waals surface area contributed by atoms with Crippen molar-refractivity contribution in [2.45, 2.75) is 86.4 Å². The van der Waals surface area contributed by atoms with Gasteiger partial charge in [-0.2, -0.15) is 39.5 Å². The maximum absolute atomic E-state index is 15.1. The fourth-order valence-corrected chi connectivity index (χ4v) is 8.45. The average Bonchev–Trinajstić information content (AvgIpc) is 3.39. The number of methoxy groups -OCH3 is 3. The van der Waals surface area contributed by atoms with Crippen molar-refractivity contribution in [1.82, 2.24) is 0 Å². The summed E-state index contributed by atoms with van der Waals surface area (Å²) in [6, 6.07) is 17.2. The maximum atomic E-state index is 15.1. The minimum Gasteiger partial charge on any atom is -0.456 e. The van der Waals surface area contributed by atoms with Crippen LogP contribution in [0.5, 0.6) is 0 Å². The topological polar surface area (TPSA) is 116 Å². The SMILES string of the molecule is CO[C@@](C(=O)O[C@H](C)/C=C/C1[C@@]2(C)C[C@@H](OC(=O)[C@](OC)(c3ccccc3)C(F)(F)F)[C@H](OC(=O)[C@](OC)(c3ccccc3)C(F)(F)F)[C@]1(C)CO2)(c1ccccc1)C(F)(F)F. The predicted octanol–water partition coefficient (Wildman–Crippen LogP) is 8.43. The van der Waals surface area contributed by atoms with E-state index < -0.39 is 118 Å². The van der Waals surface area contributed by atoms with E-state index in [1.165, 1.54) is 81.4 Å². The first-order valence-electron chi connectivity index (χ1n) is 18.8. The number of carbonyl (C=O) groups excluding carboxylic acids is 3. The Morgan fingerprint density at radius 1 is 0.629 bits per heavy atom. The molecule has 2 aliphatic rings. The molecule has 1 saturated carbocycles. The fourth-order valence-electron chi connectivity index (χ4n) is 8.45. The van der Waals surface area contributed by atoms with E-state index in [0.717, 1.165) is 42.5 Å². The quantitative estimate of drug-likeness (QED) is 0.0677. The number of esters is 3. The molecule has 62 heavy (non-hydrogen) atoms. The van der Waals surface area contributed by atoms with Gasteiger partial charge in [0.05, 0.1) is 12.2 Å². The number of alkyl halides is 9. The lowest BCUT2D eigenvalue weighted by atomic mass is 9.60. The summed E-state index contributed by atoms with van der Waals surface area (Å²) in [4.78, 5) is 41.5. The monoisotopic (exact) mass is 890 g/mol. The summed E-state index contributed by atoms with van der Waals surface area (Å²) in [5.74, 6) is -7.08. The van der Waals surface area contributed by atoms with Crippen LogP contribution in [0.4, 0.5) is 39.5 Å². The van der Waals surface area contributed by atoms with Gasteiger partial charge in [-0.3, -0.25) is 0 Å². The molecule has 1 aliphatic carbocycles. The molecule has 0 N–H and O–H groups in total. The molecule has 0 amide bonds. The Morgan fingerprint density at radius 3 is 1.37 bits per heavy atom. The van der Waals surface area contributed by atoms with Crippen LogP contribution in [0, 0.1) is 11.3 Å². The largest absolute Gasteiger partial charge is 0.456 e. The Balaban J connectivity index is 1.58. The van der Waals surface area contributed by atoms with Crippen LogP contribution < -0.4 is 0 Å². The van der Waals surface area contributed by atoms with Gasteiger partial charge in [0.2, 0.25) is 0 Å². The minimum atomic E-state index is -5.51. The van der Waals surface area contributed by atoms with Crippen LogP contribution in [0.2, 0.25) is 0 Å². The standard InChI is InChI=1S/C43H43F9O10/c1-26(60-33(53)38(56-4,41(44,45)46)27-16-10-7-11-17-27)22-23-31-36(2)25-59-37(31,3)24-30(61-34(54)39(57-5,42(47,48)49)28-18-12-8-13-19-28)32(36)62-35(55)40(58-6,43(50,51)52)29-20-14-9-15-21-29/h7-23,26,30-32H,24-25H2,1-6H3/b23-22+/t26-,30-,31?,32+,36-,37-,38-,39-,40-/m1/s1. The first-order chi connectivity index (χ1) is 28.9. The number of benzene rings is 3. The van der Waals surface area contributed by atoms with Gasteiger partial charge in [0.15, 0.2) is 0 Å². The minimum absolute atomic E-state index is 0.474. The summed E-state index contributed by atoms with van der Waals surface area (Å²) < 4.78 is 171. The van der Waals surface area contributed by atoms with Crippen LogP contribution in [0.1, 0.15) is 43.9 Å². The molecule has 1 heterocycles. The first-order valence-corrected chi connectivity index (χ1v) is 18.8. The van der Waals surface area contributed by atoms with Gasteiger partial charge in [0.1, 0.15) is 18.3 Å². The number of carbonyl (C=O) groups is 3. The van der Waals surface area contributed by atoms with Crippen molar-refractivity contribution >= 4 is 17.9 Å². The van der Waals surface area contributed by atoms with Gasteiger partial charge in [0.25, 0.3) is 16.8 Å². The molecule has 3 aromatic rings. The lowest BCUT2D eigenvalue weighted by molar-refractivity contribution is -0.290. The lowest BCUT2D eigenvalue weighted by Gasteiger charge is -2.49. The number of fused-ring (bicyclic) bond motifs is 2. The van der Waals surface area contributed by atoms with Gasteiger partial charge >= 0.3 is 36.4 Å². The molecule has 5 rings (SSSR count). The van der Waals surface area contributed by atoms with Crippen LogP contribution in [0.15, 0.2) is 103 Å². The highest BCUT2D eigenvalue weighted by Gasteiger charge is 2.71. The van der Waals surface area contributed by atoms with E-state index in [9.17, 15) is 27.6 Å². The molecule has 3 aromatic carbocycles. The molecule has 19 heteroatoms. The molecule has 2 fully saturated rings. The fraction of sp³-hybridized carbons (Fsp3) is 0.465. The molecule has 0 aromatic heterocycles. The summed E-state index contributed by atoms with van der Waals surface area (Å²) in [5.41, 5.74) is -16.5. The van der Waals surface area contributed by atoms with Gasteiger partial charge in [-0.15, -0.1) is 0 Å². The third kappa shape index (κ3) is 7.96. The third-order valence-electron chi connectivity index (χ3n) is 11.6. The summed E-state index contributed by atoms with van der Waals surface area (Å²) in [7, 11) is 1.87. The lowest BCUT2D eigenvalue weighted by Crippen LogP contribution is -2.62. The smallest absolute Gasteiger partial charge is 0.432 e. The first kappa shape index (κ1) is 48.1. The second-order valence-corrected chi connectivity index (χ2v) is 15.3. The average molecular weight is 891 g/mol. The molecule has 10 nitrogen and oxygen atoms in total. The molecule has 1 unspecified atom stereocenters. The highest BCUT2D eigenvalue weighted by atomic mass is 19.4. The van der Waals surface area contributed by atoms with Crippen LogP contribution in [0.3, 0.4) is 0 Å². The zero-order valence-corrected chi connectivity index (χ0v) is 34.0. The third-order valence-corrected chi connectivity index (χ3v) is 11.6. The van der Waals surface area contributed by atoms with E-state index in [1.54, 1.807) is 0 Å². The Morgan fingerprint density at radius 2 is 1.00 bits per heavy atom. The normalized spacial score (nSPS) is 26.4. The van der Waals surface area contributed by atoms with Gasteiger partial charge in [-0.05, 0) is 19.9 Å². The highest BCUT2D eigenvalue weighted by molar-refractivity contribution is 5.84. The Kier molecular flexibility index (Phi) is 13.4. The van der Waals surface area contributed by atoms with E-state index >= 15 is 26.3 Å². The molecule has 338 valence electrons. The van der Waals surface area contributed by atoms with Gasteiger partial charge in [-0.25, -0.2) is 14.4 Å². The summed E-state index contributed by atoms with van der Waals surface area (Å²) in [6.07, 6.45) is -19.9. The van der Waals surface area contributed by atoms with Crippen molar-refractivity contribution in [3.8, 4) is 0 Å². The van der Waals surface area contributed by atoms with Crippen molar-refractivity contribution in [3.63, 3.8) is 0 Å². The van der Waals surface area contributed by atoms with Crippen molar-refractivity contribution in [2.24, 2.45) is 11.3 Å². The number of hydrogen-bond donors (Lipinski definition) is 0. The highest BCUT2D eigenvalue weighted by Crippen LogP contribution is 2.58. The van der Waals surface area contributed by atoms with Gasteiger partial charge < -0.3 is 33.2 Å². The summed E-state index contributed by atoms with van der Waals surface area (Å²) in [5, 5.41) is 0. The Bertz CT molecular complexity index is 2080. The van der Waals surface area contributed by atoms with Crippen LogP contribution in [-0.2, 0) is 64.3 Å². The van der Waals surface area contributed by atoms with Crippen molar-refractivity contribution in [3.05, 3.63) is 120 Å². The van der Waals surface area contributed by atoms with Gasteiger partial charge in [0, 0.05) is 55.8 Å². The van der Waals surface area contributed by atoms with Crippen LogP contribution in [0.25, 0.3) is 0 Å². The van der Waals surface area contributed by atoms with E-state index in [2.05, 4.69) is 0 Å². The summed E-state index contributed by atoms with van der Waals surface area (Å²) >= 11 is 0. The number of ether oxygens (including phenoxy) is 7. The Labute approximate surface area is 350 Å². The van der Waals surface area contributed by atoms with Crippen molar-refractivity contribution in [2.75, 3.05) is 27.9 Å². The maximum Gasteiger partial charge on any atom is 0.432 e. The second kappa shape index (κ2) is 17.3. The van der Waals surface area contributed by atoms with Gasteiger partial charge in [-0.1, -0.05) is 104 Å². The van der Waals surface area contributed by atoms with E-state index in [0.29, 0.717) is 21.3 Å². The molecule has 0 spiro atoms. The van der Waals surface area contributed by atoms with E-state index in [4.69, 9.17) is 33.2 Å².